The van der Waals surface area contributed by atoms with Gasteiger partial charge in [-0.1, -0.05) is 6.07 Å². The van der Waals surface area contributed by atoms with E-state index in [1.807, 2.05) is 30.3 Å². The molecule has 3 nitrogen and oxygen atoms in total. The Hall–Kier alpha value is -3.18. The molecule has 4 rings (SSSR count). The zero-order chi connectivity index (χ0) is 30.0. The maximum absolute atomic E-state index is 7.92. The van der Waals surface area contributed by atoms with Gasteiger partial charge >= 0.3 is 185 Å². The summed E-state index contributed by atoms with van der Waals surface area (Å²) in [5, 5.41) is 0. The number of hydrogen-bond donors (Lipinski definition) is 0. The van der Waals surface area contributed by atoms with Crippen molar-refractivity contribution in [2.24, 2.45) is 0 Å². The molecule has 0 N–H and O–H groups in total. The quantitative estimate of drug-likeness (QED) is 0.265. The predicted molar refractivity (Wildman–Crippen MR) is 131 cm³/mol. The van der Waals surface area contributed by atoms with Crippen LogP contribution in [-0.4, -0.2) is 15.8 Å². The van der Waals surface area contributed by atoms with Gasteiger partial charge in [-0.25, -0.2) is 0 Å². The van der Waals surface area contributed by atoms with Gasteiger partial charge < -0.3 is 0 Å². The van der Waals surface area contributed by atoms with E-state index in [2.05, 4.69) is 0 Å². The molecule has 0 aliphatic rings. The summed E-state index contributed by atoms with van der Waals surface area (Å²) in [6.45, 7) is -5.57. The summed E-state index contributed by atoms with van der Waals surface area (Å²) in [7, 11) is 0. The summed E-state index contributed by atoms with van der Waals surface area (Å²) in [6, 6.07) is 22.6. The normalized spacial score (nSPS) is 16.0. The Morgan fingerprint density at radius 3 is 1.62 bits per heavy atom. The second-order valence-corrected chi connectivity index (χ2v) is 9.26. The fourth-order valence-electron chi connectivity index (χ4n) is 3.08. The van der Waals surface area contributed by atoms with E-state index in [1.54, 1.807) is 19.1 Å². The molecular weight excluding hydrogens is 457 g/mol. The van der Waals surface area contributed by atoms with Crippen molar-refractivity contribution < 1.29 is 25.6 Å². The number of ether oxygens (including phenoxy) is 2. The van der Waals surface area contributed by atoms with Crippen molar-refractivity contribution in [1.82, 2.24) is 0 Å². The summed E-state index contributed by atoms with van der Waals surface area (Å²) in [6.07, 6.45) is 0. The molecule has 4 heteroatoms. The third-order valence-corrected chi connectivity index (χ3v) is 6.25. The van der Waals surface area contributed by atoms with Crippen molar-refractivity contribution in [3.63, 3.8) is 0 Å². The molecule has 0 atom stereocenters. The van der Waals surface area contributed by atoms with Crippen LogP contribution in [0.15, 0.2) is 84.9 Å². The van der Waals surface area contributed by atoms with Gasteiger partial charge in [0.05, 0.1) is 0 Å². The van der Waals surface area contributed by atoms with Gasteiger partial charge in [0.15, 0.2) is 0 Å². The van der Waals surface area contributed by atoms with Crippen molar-refractivity contribution >= 4 is 20.2 Å². The minimum absolute atomic E-state index is 0.00469. The molecule has 0 saturated carbocycles. The molecule has 4 aromatic carbocycles. The molecule has 0 heterocycles. The number of rotatable bonds is 7. The van der Waals surface area contributed by atoms with Gasteiger partial charge in [0.2, 0.25) is 0 Å². The monoisotopic (exact) mass is 493 g/mol. The van der Waals surface area contributed by atoms with Crippen LogP contribution in [0.5, 0.6) is 28.7 Å². The van der Waals surface area contributed by atoms with Crippen LogP contribution >= 0.6 is 0 Å². The van der Waals surface area contributed by atoms with Crippen LogP contribution in [-0.2, 0) is 0 Å². The van der Waals surface area contributed by atoms with Crippen LogP contribution in [0.1, 0.15) is 34.6 Å². The number of aryl methyl sites for hydroxylation is 4. The molecule has 0 unspecified atom stereocenters. The van der Waals surface area contributed by atoms with E-state index in [0.29, 0.717) is 11.3 Å². The van der Waals surface area contributed by atoms with Crippen LogP contribution < -0.4 is 17.6 Å². The van der Waals surface area contributed by atoms with E-state index >= 15 is 0 Å². The maximum atomic E-state index is 7.92. The summed E-state index contributed by atoms with van der Waals surface area (Å²) in [5.41, 5.74) is 0.673. The van der Waals surface area contributed by atoms with Gasteiger partial charge in [-0.3, -0.25) is 0 Å². The van der Waals surface area contributed by atoms with Gasteiger partial charge in [0.1, 0.15) is 0 Å². The summed E-state index contributed by atoms with van der Waals surface area (Å²) in [4.78, 5) is 0. The number of benzene rings is 4. The average Bonchev–Trinajstić information content (AvgIpc) is 2.86. The average molecular weight is 492 g/mol. The van der Waals surface area contributed by atoms with Gasteiger partial charge in [-0.05, 0) is 13.8 Å². The standard InChI is InChI=1S/C28H26GeO3/c1-19-10-20(2)12-24(11-19)30-25-13-21(3)14-26(17-25)31-27-15-22(4)16-28(18-27)32-29-23-8-6-5-7-9-23/h5-18H,1-4H3/i1D3,3D3,4D3. The van der Waals surface area contributed by atoms with E-state index in [9.17, 15) is 0 Å². The fourth-order valence-corrected chi connectivity index (χ4v) is 4.51. The van der Waals surface area contributed by atoms with Crippen LogP contribution in [0, 0.1) is 27.5 Å². The van der Waals surface area contributed by atoms with E-state index in [0.717, 1.165) is 4.40 Å². The molecule has 0 aromatic heterocycles. The van der Waals surface area contributed by atoms with Crippen LogP contribution in [0.3, 0.4) is 0 Å². The molecule has 2 radical (unpaired) electrons. The summed E-state index contributed by atoms with van der Waals surface area (Å²) >= 11 is -1.07. The Bertz CT molecular complexity index is 1520. The first kappa shape index (κ1) is 13.4. The van der Waals surface area contributed by atoms with Gasteiger partial charge in [0.25, 0.3) is 0 Å². The molecule has 0 saturated heterocycles. The zero-order valence-electron chi connectivity index (χ0n) is 26.3. The molecule has 0 aliphatic carbocycles. The Balaban J connectivity index is 1.69. The Morgan fingerprint density at radius 2 is 1.03 bits per heavy atom. The van der Waals surface area contributed by atoms with Crippen molar-refractivity contribution in [2.75, 3.05) is 0 Å². The Kier molecular flexibility index (Phi) is 4.17. The van der Waals surface area contributed by atoms with E-state index < -0.39 is 36.3 Å². The zero-order valence-corrected chi connectivity index (χ0v) is 19.4. The molecule has 0 bridgehead atoms. The second kappa shape index (κ2) is 9.96. The van der Waals surface area contributed by atoms with Crippen molar-refractivity contribution in [3.05, 3.63) is 107 Å². The molecular formula is C28H26GeO3. The van der Waals surface area contributed by atoms with Crippen LogP contribution in [0.25, 0.3) is 0 Å². The SMILES string of the molecule is [2H]C([2H])([2H])c1cc(C)cc(Oc2cc(Oc3cc([O][Ge][c]4ccccc4)cc(C([2H])([2H])[2H])c3)cc(C([2H])([2H])[2H])c2)c1. The first-order chi connectivity index (χ1) is 19.1. The fraction of sp³-hybridized carbons (Fsp3) is 0.143. The first-order valence-electron chi connectivity index (χ1n) is 14.3. The molecule has 0 amide bonds. The van der Waals surface area contributed by atoms with E-state index in [1.165, 1.54) is 42.5 Å². The number of hydrogen-bond acceptors (Lipinski definition) is 3. The summed E-state index contributed by atoms with van der Waals surface area (Å²) in [5.74, 6) is 0.871. The minimum atomic E-state index is -2.51. The predicted octanol–water partition coefficient (Wildman–Crippen LogP) is 6.83. The third-order valence-electron chi connectivity index (χ3n) is 4.34. The van der Waals surface area contributed by atoms with E-state index in [-0.39, 0.29) is 39.7 Å². The van der Waals surface area contributed by atoms with Crippen LogP contribution in [0.2, 0.25) is 0 Å². The molecule has 160 valence electrons. The third kappa shape index (κ3) is 6.17. The van der Waals surface area contributed by atoms with Gasteiger partial charge in [-0.2, -0.15) is 0 Å². The van der Waals surface area contributed by atoms with Crippen molar-refractivity contribution in [1.29, 1.82) is 0 Å². The Morgan fingerprint density at radius 1 is 0.562 bits per heavy atom. The Labute approximate surface area is 209 Å². The van der Waals surface area contributed by atoms with E-state index in [4.69, 9.17) is 25.6 Å². The van der Waals surface area contributed by atoms with Crippen molar-refractivity contribution in [2.45, 2.75) is 27.5 Å². The van der Waals surface area contributed by atoms with Gasteiger partial charge in [0, 0.05) is 4.11 Å². The molecule has 0 aliphatic heterocycles. The first-order valence-corrected chi connectivity index (χ1v) is 11.7. The second-order valence-electron chi connectivity index (χ2n) is 7.20. The van der Waals surface area contributed by atoms with Crippen LogP contribution in [0.4, 0.5) is 0 Å². The molecule has 4 aromatic rings. The van der Waals surface area contributed by atoms with Gasteiger partial charge in [-0.15, -0.1) is 0 Å². The summed E-state index contributed by atoms with van der Waals surface area (Å²) < 4.78 is 89.5. The topological polar surface area (TPSA) is 27.7 Å². The van der Waals surface area contributed by atoms with Crippen molar-refractivity contribution in [3.8, 4) is 28.7 Å². The molecule has 0 spiro atoms. The molecule has 0 fully saturated rings. The molecule has 32 heavy (non-hydrogen) atoms.